The number of esters is 1. The molecule has 0 aliphatic heterocycles. The molecule has 0 saturated heterocycles. The van der Waals surface area contributed by atoms with Crippen LogP contribution in [0.25, 0.3) is 28.2 Å². The maximum atomic E-state index is 13.1. The van der Waals surface area contributed by atoms with Crippen LogP contribution in [0.5, 0.6) is 5.75 Å². The molecule has 0 radical (unpaired) electrons. The molecule has 2 aromatic heterocycles. The highest BCUT2D eigenvalue weighted by Crippen LogP contribution is 2.26. The van der Waals surface area contributed by atoms with Gasteiger partial charge in [0, 0.05) is 12.1 Å². The number of aryl methyl sites for hydroxylation is 1. The minimum Gasteiger partial charge on any atom is -0.460 e. The van der Waals surface area contributed by atoms with Crippen LogP contribution >= 0.6 is 0 Å². The molecule has 7 heteroatoms. The summed E-state index contributed by atoms with van der Waals surface area (Å²) in [5, 5.41) is 8.54. The van der Waals surface area contributed by atoms with Gasteiger partial charge in [0.2, 0.25) is 5.43 Å². The van der Waals surface area contributed by atoms with Crippen molar-refractivity contribution < 1.29 is 13.9 Å². The summed E-state index contributed by atoms with van der Waals surface area (Å²) in [4.78, 5) is 25.4. The summed E-state index contributed by atoms with van der Waals surface area (Å²) in [7, 11) is 0. The predicted molar refractivity (Wildman–Crippen MR) is 133 cm³/mol. The minimum atomic E-state index is -0.582. The molecule has 0 fully saturated rings. The Balaban J connectivity index is 1.30. The van der Waals surface area contributed by atoms with Gasteiger partial charge in [-0.15, -0.1) is 5.10 Å². The Morgan fingerprint density at radius 2 is 1.77 bits per heavy atom. The van der Waals surface area contributed by atoms with Crippen LogP contribution in [0.4, 0.5) is 0 Å². The lowest BCUT2D eigenvalue weighted by Crippen LogP contribution is -2.08. The van der Waals surface area contributed by atoms with Gasteiger partial charge < -0.3 is 9.15 Å². The van der Waals surface area contributed by atoms with E-state index in [4.69, 9.17) is 9.15 Å². The maximum Gasteiger partial charge on any atom is 0.336 e. The first-order valence-electron chi connectivity index (χ1n) is 11.0. The zero-order valence-electron chi connectivity index (χ0n) is 18.9. The zero-order valence-corrected chi connectivity index (χ0v) is 18.9. The number of fused-ring (bicyclic) bond motifs is 1. The van der Waals surface area contributed by atoms with Crippen LogP contribution in [0.15, 0.2) is 100 Å². The van der Waals surface area contributed by atoms with Crippen molar-refractivity contribution in [3.05, 3.63) is 118 Å². The van der Waals surface area contributed by atoms with Crippen LogP contribution in [0.2, 0.25) is 0 Å². The number of nitrogens with zero attached hydrogens (tertiary/aromatic N) is 3. The average Bonchev–Trinajstić information content (AvgIpc) is 3.31. The van der Waals surface area contributed by atoms with Gasteiger partial charge in [-0.3, -0.25) is 4.79 Å². The van der Waals surface area contributed by atoms with Gasteiger partial charge in [0.05, 0.1) is 23.7 Å². The largest absolute Gasteiger partial charge is 0.460 e. The molecule has 172 valence electrons. The standard InChI is InChI=1S/C28H21N3O4/c1-19-27(21-10-6-3-7-11-21)28(33)24-14-13-23(16-25(24)34-19)35-26(32)15-12-22-18-31(30-29-22)17-20-8-4-2-5-9-20/h2-16,18H,17H2,1H3/b15-12+. The number of hydrogen-bond donors (Lipinski definition) is 0. The van der Waals surface area contributed by atoms with E-state index < -0.39 is 5.97 Å². The molecule has 0 unspecified atom stereocenters. The second-order valence-corrected chi connectivity index (χ2v) is 7.97. The lowest BCUT2D eigenvalue weighted by molar-refractivity contribution is -0.128. The lowest BCUT2D eigenvalue weighted by Gasteiger charge is -2.08. The van der Waals surface area contributed by atoms with Gasteiger partial charge in [-0.2, -0.15) is 0 Å². The van der Waals surface area contributed by atoms with Gasteiger partial charge in [-0.05, 0) is 36.3 Å². The van der Waals surface area contributed by atoms with E-state index in [1.54, 1.807) is 36.0 Å². The SMILES string of the molecule is Cc1oc2cc(OC(=O)/C=C/c3cn(Cc4ccccc4)nn3)ccc2c(=O)c1-c1ccccc1. The highest BCUT2D eigenvalue weighted by Gasteiger charge is 2.14. The number of benzene rings is 3. The van der Waals surface area contributed by atoms with E-state index >= 15 is 0 Å². The van der Waals surface area contributed by atoms with Crippen molar-refractivity contribution >= 4 is 23.0 Å². The van der Waals surface area contributed by atoms with Crippen LogP contribution in [-0.4, -0.2) is 21.0 Å². The molecule has 35 heavy (non-hydrogen) atoms. The number of hydrogen-bond acceptors (Lipinski definition) is 6. The number of rotatable bonds is 6. The maximum absolute atomic E-state index is 13.1. The zero-order chi connectivity index (χ0) is 24.2. The molecule has 0 amide bonds. The first-order valence-corrected chi connectivity index (χ1v) is 11.0. The molecule has 2 heterocycles. The molecule has 0 aliphatic carbocycles. The van der Waals surface area contributed by atoms with Gasteiger partial charge in [0.25, 0.3) is 0 Å². The first kappa shape index (κ1) is 22.0. The average molecular weight is 463 g/mol. The minimum absolute atomic E-state index is 0.133. The van der Waals surface area contributed by atoms with Crippen molar-refractivity contribution in [2.75, 3.05) is 0 Å². The molecule has 3 aromatic carbocycles. The Morgan fingerprint density at radius 1 is 1.03 bits per heavy atom. The third-order valence-electron chi connectivity index (χ3n) is 5.45. The van der Waals surface area contributed by atoms with Gasteiger partial charge in [0.15, 0.2) is 0 Å². The highest BCUT2D eigenvalue weighted by atomic mass is 16.5. The molecule has 0 atom stereocenters. The smallest absolute Gasteiger partial charge is 0.336 e. The van der Waals surface area contributed by atoms with E-state index in [1.165, 1.54) is 12.2 Å². The molecule has 0 saturated carbocycles. The summed E-state index contributed by atoms with van der Waals surface area (Å²) < 4.78 is 13.0. The predicted octanol–water partition coefficient (Wildman–Crippen LogP) is 5.03. The van der Waals surface area contributed by atoms with Crippen molar-refractivity contribution in [1.82, 2.24) is 15.0 Å². The Morgan fingerprint density at radius 3 is 2.54 bits per heavy atom. The van der Waals surface area contributed by atoms with E-state index in [2.05, 4.69) is 10.3 Å². The summed E-state index contributed by atoms with van der Waals surface area (Å²) in [6.07, 6.45) is 4.56. The third-order valence-corrected chi connectivity index (χ3v) is 5.45. The molecule has 0 aliphatic rings. The summed E-state index contributed by atoms with van der Waals surface area (Å²) in [5.41, 5.74) is 3.16. The van der Waals surface area contributed by atoms with E-state index in [9.17, 15) is 9.59 Å². The molecular weight excluding hydrogens is 442 g/mol. The van der Waals surface area contributed by atoms with E-state index in [1.807, 2.05) is 60.7 Å². The second kappa shape index (κ2) is 9.61. The fourth-order valence-electron chi connectivity index (χ4n) is 3.83. The Hall–Kier alpha value is -4.78. The van der Waals surface area contributed by atoms with Crippen molar-refractivity contribution in [2.24, 2.45) is 0 Å². The molecule has 0 N–H and O–H groups in total. The number of carbonyl (C=O) groups is 1. The van der Waals surface area contributed by atoms with Crippen molar-refractivity contribution in [3.63, 3.8) is 0 Å². The van der Waals surface area contributed by atoms with Gasteiger partial charge in [0.1, 0.15) is 22.8 Å². The lowest BCUT2D eigenvalue weighted by atomic mass is 10.0. The Bertz CT molecular complexity index is 1590. The number of ether oxygens (including phenoxy) is 1. The van der Waals surface area contributed by atoms with Crippen molar-refractivity contribution in [1.29, 1.82) is 0 Å². The highest BCUT2D eigenvalue weighted by molar-refractivity contribution is 5.89. The topological polar surface area (TPSA) is 87.2 Å². The molecule has 0 bridgehead atoms. The quantitative estimate of drug-likeness (QED) is 0.199. The van der Waals surface area contributed by atoms with Crippen LogP contribution in [-0.2, 0) is 11.3 Å². The van der Waals surface area contributed by atoms with Gasteiger partial charge in [-0.25, -0.2) is 9.48 Å². The van der Waals surface area contributed by atoms with Crippen LogP contribution < -0.4 is 10.2 Å². The Kier molecular flexibility index (Phi) is 6.05. The number of aromatic nitrogens is 3. The Labute approximate surface area is 200 Å². The molecule has 0 spiro atoms. The van der Waals surface area contributed by atoms with E-state index in [-0.39, 0.29) is 11.2 Å². The molecule has 7 nitrogen and oxygen atoms in total. The number of carbonyl (C=O) groups excluding carboxylic acids is 1. The van der Waals surface area contributed by atoms with Crippen LogP contribution in [0.1, 0.15) is 17.0 Å². The van der Waals surface area contributed by atoms with Crippen LogP contribution in [0.3, 0.4) is 0 Å². The third kappa shape index (κ3) is 4.94. The second-order valence-electron chi connectivity index (χ2n) is 7.97. The fraction of sp³-hybridized carbons (Fsp3) is 0.0714. The molecule has 5 rings (SSSR count). The van der Waals surface area contributed by atoms with Gasteiger partial charge >= 0.3 is 5.97 Å². The molecule has 5 aromatic rings. The van der Waals surface area contributed by atoms with E-state index in [0.717, 1.165) is 11.1 Å². The van der Waals surface area contributed by atoms with E-state index in [0.29, 0.717) is 34.5 Å². The van der Waals surface area contributed by atoms with Crippen molar-refractivity contribution in [3.8, 4) is 16.9 Å². The fourth-order valence-corrected chi connectivity index (χ4v) is 3.83. The van der Waals surface area contributed by atoms with Gasteiger partial charge in [-0.1, -0.05) is 65.9 Å². The monoisotopic (exact) mass is 463 g/mol. The summed E-state index contributed by atoms with van der Waals surface area (Å²) in [5.74, 6) is 0.187. The summed E-state index contributed by atoms with van der Waals surface area (Å²) in [6, 6.07) is 24.0. The van der Waals surface area contributed by atoms with Crippen molar-refractivity contribution in [2.45, 2.75) is 13.5 Å². The van der Waals surface area contributed by atoms with Crippen LogP contribution in [0, 0.1) is 6.92 Å². The normalized spacial score (nSPS) is 11.2. The summed E-state index contributed by atoms with van der Waals surface area (Å²) in [6.45, 7) is 2.33. The molecular formula is C28H21N3O4. The summed E-state index contributed by atoms with van der Waals surface area (Å²) >= 11 is 0. The first-order chi connectivity index (χ1) is 17.1.